The van der Waals surface area contributed by atoms with Crippen LogP contribution in [0.4, 0.5) is 27.6 Å². The number of methoxy groups -OCH3 is 1. The van der Waals surface area contributed by atoms with Gasteiger partial charge < -0.3 is 24.5 Å². The van der Waals surface area contributed by atoms with Gasteiger partial charge in [0.05, 0.1) is 25.4 Å². The zero-order valence-corrected chi connectivity index (χ0v) is 27.4. The minimum absolute atomic E-state index is 0.0558. The predicted molar refractivity (Wildman–Crippen MR) is 193 cm³/mol. The van der Waals surface area contributed by atoms with Crippen LogP contribution in [-0.4, -0.2) is 66.5 Å². The number of alkyl halides is 3. The van der Waals surface area contributed by atoms with Crippen LogP contribution < -0.4 is 4.90 Å². The molecule has 4 aromatic rings. The molecule has 4 aromatic carbocycles. The maximum Gasteiger partial charge on any atom is 0.416 e. The lowest BCUT2D eigenvalue weighted by atomic mass is 9.99. The number of hydrogen-bond acceptors (Lipinski definition) is 6. The summed E-state index contributed by atoms with van der Waals surface area (Å²) in [4.78, 5) is 15.0. The highest BCUT2D eigenvalue weighted by Gasteiger charge is 2.33. The molecule has 12 heteroatoms. The molecule has 0 aromatic heterocycles. The highest BCUT2D eigenvalue weighted by Crippen LogP contribution is 2.41. The Balaban J connectivity index is 1.56. The van der Waals surface area contributed by atoms with Crippen LogP contribution in [0.25, 0.3) is 11.1 Å². The molecule has 1 fully saturated rings. The average Bonchev–Trinajstić information content (AvgIpc) is 3.24. The molecule has 2 heterocycles. The van der Waals surface area contributed by atoms with Gasteiger partial charge in [0.15, 0.2) is 11.6 Å². The van der Waals surface area contributed by atoms with Gasteiger partial charge in [-0.15, -0.1) is 11.8 Å². The molecule has 0 aliphatic carbocycles. The number of carbonyl (C=O) groups is 1. The van der Waals surface area contributed by atoms with Crippen molar-refractivity contribution in [1.82, 2.24) is 9.80 Å². The van der Waals surface area contributed by atoms with Gasteiger partial charge in [0.25, 0.3) is 0 Å². The third kappa shape index (κ3) is 8.86. The number of benzene rings is 4. The fourth-order valence-electron chi connectivity index (χ4n) is 5.08. The van der Waals surface area contributed by atoms with E-state index in [1.165, 1.54) is 30.3 Å². The molecule has 1 amide bonds. The minimum Gasteiger partial charge on any atom is -0.384 e. The number of fused-ring (bicyclic) bond motifs is 1. The van der Waals surface area contributed by atoms with E-state index in [4.69, 9.17) is 15.1 Å². The molecule has 1 N–H and O–H groups in total. The van der Waals surface area contributed by atoms with Crippen molar-refractivity contribution in [3.8, 4) is 11.1 Å². The van der Waals surface area contributed by atoms with Gasteiger partial charge in [0.1, 0.15) is 12.6 Å². The van der Waals surface area contributed by atoms with Crippen LogP contribution >= 0.6 is 11.8 Å². The summed E-state index contributed by atoms with van der Waals surface area (Å²) in [5.74, 6) is -5.32. The topological polar surface area (TPSA) is 56.2 Å². The summed E-state index contributed by atoms with van der Waals surface area (Å²) in [6.45, 7) is -19.3. The van der Waals surface area contributed by atoms with Gasteiger partial charge in [-0.05, 0) is 59.8 Å². The Morgan fingerprint density at radius 2 is 1.71 bits per heavy atom. The summed E-state index contributed by atoms with van der Waals surface area (Å²) < 4.78 is 232. The first-order valence-corrected chi connectivity index (χ1v) is 16.1. The van der Waals surface area contributed by atoms with Gasteiger partial charge in [-0.25, -0.2) is 8.78 Å². The number of anilines is 1. The zero-order valence-electron chi connectivity index (χ0n) is 44.6. The number of para-hydroxylation sites is 1. The van der Waals surface area contributed by atoms with Crippen LogP contribution in [0, 0.1) is 11.6 Å². The first kappa shape index (κ1) is 20.9. The molecule has 1 atom stereocenters. The van der Waals surface area contributed by atoms with E-state index >= 15 is 9.18 Å². The second kappa shape index (κ2) is 16.6. The lowest BCUT2D eigenvalue weighted by Gasteiger charge is -2.40. The first-order valence-electron chi connectivity index (χ1n) is 24.2. The van der Waals surface area contributed by atoms with E-state index in [9.17, 15) is 32.3 Å². The number of nitrogens with zero attached hydrogens (tertiary/aromatic N) is 3. The molecular weight excluding hydrogens is 698 g/mol. The van der Waals surface area contributed by atoms with Gasteiger partial charge in [-0.2, -0.15) is 13.2 Å². The normalized spacial score (nSPS) is 27.5. The van der Waals surface area contributed by atoms with Crippen molar-refractivity contribution >= 4 is 23.4 Å². The van der Waals surface area contributed by atoms with Crippen LogP contribution in [0.1, 0.15) is 65.8 Å². The Labute approximate surface area is 329 Å². The summed E-state index contributed by atoms with van der Waals surface area (Å²) in [5.41, 5.74) is -5.39. The van der Waals surface area contributed by atoms with Crippen LogP contribution in [0.3, 0.4) is 0 Å². The molecule has 0 saturated carbocycles. The number of aliphatic hydroxyl groups excluding tert-OH is 1. The Hall–Kier alpha value is -4.23. The van der Waals surface area contributed by atoms with Crippen molar-refractivity contribution in [1.29, 1.82) is 0 Å². The van der Waals surface area contributed by atoms with Gasteiger partial charge in [0, 0.05) is 78.1 Å². The summed E-state index contributed by atoms with van der Waals surface area (Å²) in [6.07, 6.45) is -14.4. The molecule has 1 unspecified atom stereocenters. The number of aliphatic hydroxyl groups is 1. The number of amides is 1. The summed E-state index contributed by atoms with van der Waals surface area (Å²) in [6, 6.07) is 11.7. The lowest BCUT2D eigenvalue weighted by molar-refractivity contribution is -0.137. The summed E-state index contributed by atoms with van der Waals surface area (Å²) in [7, 11) is -3.41. The number of piperidine rings is 1. The Morgan fingerprint density at radius 3 is 2.40 bits per heavy atom. The molecule has 0 bridgehead atoms. The molecular formula is C40H40F5N3O3S. The molecule has 6 rings (SSSR count). The standard InChI is InChI=1S/C40H40F5N3O3S/c1-51-22-21-46-19-17-32(18-20-46)47(24-27-9-11-28(12-10-27)29-13-15-31(16-14-29)40(43,44)45)37(50)25-48-35-8-3-2-6-33(35)36(49)23-38(48)52-26-30-5-4-7-34(41)39(30)42/h2-16,23,32,36,49H,17-22,24-26H2,1H3/i1D3,17D2,18D2,19D2,20D2,21D2,25D2,26D2,32D. The van der Waals surface area contributed by atoms with Crippen LogP contribution in [0.15, 0.2) is 102 Å². The maximum absolute atomic E-state index is 15.5. The fraction of sp³-hybridized carbons (Fsp3) is 0.325. The quantitative estimate of drug-likeness (QED) is 0.147. The fourth-order valence-corrected chi connectivity index (χ4v) is 5.88. The van der Waals surface area contributed by atoms with Crippen molar-refractivity contribution in [3.05, 3.63) is 136 Å². The van der Waals surface area contributed by atoms with E-state index in [-0.39, 0.29) is 38.9 Å². The SMILES string of the molecule is [2H]C([2H])([2H])OCC([2H])([2H])N1C([2H])([2H])C([2H])([2H])C([2H])(N(Cc2ccc(-c3ccc(C(F)(F)F)cc3)cc2)C(=O)C([2H])([2H])N2C(SC([2H])([2H])c3cccc(F)c3F)=CC(O)c3ccccc32)C([2H])([2H])C1([2H])[2H]. The van der Waals surface area contributed by atoms with Crippen LogP contribution in [-0.2, 0) is 28.0 Å². The smallest absolute Gasteiger partial charge is 0.384 e. The maximum atomic E-state index is 15.5. The van der Waals surface area contributed by atoms with Crippen molar-refractivity contribution < 1.29 is 61.3 Å². The molecule has 2 aliphatic rings. The highest BCUT2D eigenvalue weighted by atomic mass is 32.2. The third-order valence-electron chi connectivity index (χ3n) is 7.66. The zero-order chi connectivity index (χ0) is 52.8. The first-order chi connectivity index (χ1) is 31.8. The van der Waals surface area contributed by atoms with Gasteiger partial charge in [-0.1, -0.05) is 66.7 Å². The number of ether oxygens (including phenoxy) is 1. The number of carbonyl (C=O) groups excluding carboxylic acids is 1. The molecule has 274 valence electrons. The van der Waals surface area contributed by atoms with E-state index in [1.54, 1.807) is 0 Å². The molecule has 0 spiro atoms. The van der Waals surface area contributed by atoms with Crippen LogP contribution in [0.2, 0.25) is 0 Å². The Morgan fingerprint density at radius 1 is 1.02 bits per heavy atom. The number of halogens is 5. The Bertz CT molecular complexity index is 2630. The minimum atomic E-state index is -4.68. The van der Waals surface area contributed by atoms with Gasteiger partial charge >= 0.3 is 6.18 Å². The van der Waals surface area contributed by atoms with E-state index in [1.807, 2.05) is 0 Å². The van der Waals surface area contributed by atoms with E-state index < -0.39 is 127 Å². The second-order valence-corrected chi connectivity index (χ2v) is 11.9. The molecule has 6 nitrogen and oxygen atoms in total. The third-order valence-corrected chi connectivity index (χ3v) is 8.51. The van der Waals surface area contributed by atoms with E-state index in [2.05, 4.69) is 4.74 Å². The summed E-state index contributed by atoms with van der Waals surface area (Å²) >= 11 is -0.0558. The largest absolute Gasteiger partial charge is 0.416 e. The molecule has 52 heavy (non-hydrogen) atoms. The monoisotopic (exact) mass is 755 g/mol. The average molecular weight is 756 g/mol. The van der Waals surface area contributed by atoms with Gasteiger partial charge in [-0.3, -0.25) is 4.79 Å². The Kier molecular flexibility index (Phi) is 6.67. The van der Waals surface area contributed by atoms with Crippen molar-refractivity contribution in [2.24, 2.45) is 0 Å². The van der Waals surface area contributed by atoms with Crippen molar-refractivity contribution in [2.75, 3.05) is 44.5 Å². The second-order valence-electron chi connectivity index (χ2n) is 11.0. The van der Waals surface area contributed by atoms with Crippen molar-refractivity contribution in [2.45, 2.75) is 43.3 Å². The number of rotatable bonds is 12. The molecule has 0 radical (unpaired) electrons. The van der Waals surface area contributed by atoms with E-state index in [0.29, 0.717) is 11.0 Å². The van der Waals surface area contributed by atoms with E-state index in [0.717, 1.165) is 60.7 Å². The summed E-state index contributed by atoms with van der Waals surface area (Å²) in [5, 5.41) is 10.5. The lowest BCUT2D eigenvalue weighted by Crippen LogP contribution is -2.50. The van der Waals surface area contributed by atoms with Gasteiger partial charge in [0.2, 0.25) is 5.91 Å². The number of hydrogen-bond donors (Lipinski definition) is 1. The number of thioether (sulfide) groups is 1. The van der Waals surface area contributed by atoms with Crippen LogP contribution in [0.5, 0.6) is 0 Å². The highest BCUT2D eigenvalue weighted by molar-refractivity contribution is 8.02. The molecule has 1 saturated heterocycles. The van der Waals surface area contributed by atoms with Crippen molar-refractivity contribution in [3.63, 3.8) is 0 Å². The number of likely N-dealkylation sites (tertiary alicyclic amines) is 1. The predicted octanol–water partition coefficient (Wildman–Crippen LogP) is 8.42. The molecule has 2 aliphatic heterocycles.